The maximum absolute atomic E-state index is 12.0. The molecule has 0 aliphatic rings. The summed E-state index contributed by atoms with van der Waals surface area (Å²) >= 11 is 0. The molecule has 0 aliphatic heterocycles. The van der Waals surface area contributed by atoms with Crippen LogP contribution in [0.1, 0.15) is 18.9 Å². The minimum atomic E-state index is -3.46. The highest BCUT2D eigenvalue weighted by atomic mass is 32.2. The van der Waals surface area contributed by atoms with E-state index in [0.29, 0.717) is 31.9 Å². The Morgan fingerprint density at radius 3 is 2.63 bits per heavy atom. The van der Waals surface area contributed by atoms with Crippen molar-refractivity contribution in [2.75, 3.05) is 26.9 Å². The average molecular weight is 287 g/mol. The van der Waals surface area contributed by atoms with Crippen LogP contribution in [0.3, 0.4) is 0 Å². The molecule has 0 radical (unpaired) electrons. The van der Waals surface area contributed by atoms with Gasteiger partial charge in [0.2, 0.25) is 10.0 Å². The van der Waals surface area contributed by atoms with Gasteiger partial charge in [0.15, 0.2) is 0 Å². The lowest BCUT2D eigenvalue weighted by atomic mass is 10.2. The third kappa shape index (κ3) is 4.81. The quantitative estimate of drug-likeness (QED) is 0.739. The van der Waals surface area contributed by atoms with Gasteiger partial charge >= 0.3 is 0 Å². The maximum Gasteiger partial charge on any atom is 0.240 e. The molecule has 0 heterocycles. The van der Waals surface area contributed by atoms with E-state index in [1.165, 1.54) is 0 Å². The monoisotopic (exact) mass is 287 g/mol. The first kappa shape index (κ1) is 15.9. The highest BCUT2D eigenvalue weighted by Crippen LogP contribution is 2.21. The van der Waals surface area contributed by atoms with Crippen LogP contribution in [0.4, 0.5) is 0 Å². The molecule has 19 heavy (non-hydrogen) atoms. The fourth-order valence-electron chi connectivity index (χ4n) is 1.61. The van der Waals surface area contributed by atoms with Crippen LogP contribution < -0.4 is 9.46 Å². The highest BCUT2D eigenvalue weighted by molar-refractivity contribution is 7.89. The minimum Gasteiger partial charge on any atom is -0.494 e. The predicted octanol–water partition coefficient (Wildman–Crippen LogP) is 1.71. The number of hydrogen-bond acceptors (Lipinski definition) is 4. The van der Waals surface area contributed by atoms with Crippen molar-refractivity contribution in [1.82, 2.24) is 4.72 Å². The molecule has 0 aromatic heterocycles. The molecule has 0 saturated carbocycles. The fourth-order valence-corrected chi connectivity index (χ4v) is 2.77. The molecule has 1 N–H and O–H groups in total. The van der Waals surface area contributed by atoms with Crippen molar-refractivity contribution in [2.24, 2.45) is 0 Å². The molecule has 0 amide bonds. The number of aryl methyl sites for hydroxylation is 1. The molecule has 6 heteroatoms. The van der Waals surface area contributed by atoms with Gasteiger partial charge in [-0.2, -0.15) is 0 Å². The molecule has 0 fully saturated rings. The van der Waals surface area contributed by atoms with Gasteiger partial charge in [-0.25, -0.2) is 13.1 Å². The summed E-state index contributed by atoms with van der Waals surface area (Å²) in [7, 11) is -1.87. The second kappa shape index (κ2) is 7.47. The summed E-state index contributed by atoms with van der Waals surface area (Å²) in [5.41, 5.74) is 0.807. The normalized spacial score (nSPS) is 11.5. The fraction of sp³-hybridized carbons (Fsp3) is 0.538. The van der Waals surface area contributed by atoms with E-state index >= 15 is 0 Å². The van der Waals surface area contributed by atoms with Gasteiger partial charge < -0.3 is 9.47 Å². The van der Waals surface area contributed by atoms with Crippen LogP contribution in [0.25, 0.3) is 0 Å². The van der Waals surface area contributed by atoms with Crippen molar-refractivity contribution in [1.29, 1.82) is 0 Å². The third-order valence-electron chi connectivity index (χ3n) is 2.57. The Labute approximate surface area is 115 Å². The van der Waals surface area contributed by atoms with Gasteiger partial charge in [0.1, 0.15) is 5.75 Å². The van der Waals surface area contributed by atoms with Crippen LogP contribution in [-0.2, 0) is 14.8 Å². The van der Waals surface area contributed by atoms with E-state index in [4.69, 9.17) is 9.47 Å². The maximum atomic E-state index is 12.0. The minimum absolute atomic E-state index is 0.255. The number of nitrogens with one attached hydrogen (secondary N) is 1. The average Bonchev–Trinajstić information content (AvgIpc) is 2.37. The molecule has 1 rings (SSSR count). The molecule has 0 saturated heterocycles. The third-order valence-corrected chi connectivity index (χ3v) is 4.03. The van der Waals surface area contributed by atoms with Gasteiger partial charge in [-0.3, -0.25) is 0 Å². The van der Waals surface area contributed by atoms with Crippen LogP contribution in [0, 0.1) is 6.92 Å². The molecule has 0 spiro atoms. The largest absolute Gasteiger partial charge is 0.494 e. The molecule has 108 valence electrons. The lowest BCUT2D eigenvalue weighted by Crippen LogP contribution is -2.25. The van der Waals surface area contributed by atoms with Gasteiger partial charge in [-0.15, -0.1) is 0 Å². The first-order valence-corrected chi connectivity index (χ1v) is 7.71. The van der Waals surface area contributed by atoms with Crippen LogP contribution in [0.2, 0.25) is 0 Å². The molecular weight excluding hydrogens is 266 g/mol. The SMILES string of the molecule is CCOc1ccc(S(=O)(=O)NCCCOC)cc1C. The molecule has 0 bridgehead atoms. The van der Waals surface area contributed by atoms with Crippen LogP contribution in [-0.4, -0.2) is 35.3 Å². The summed E-state index contributed by atoms with van der Waals surface area (Å²) in [5, 5.41) is 0. The zero-order valence-corrected chi connectivity index (χ0v) is 12.4. The number of methoxy groups -OCH3 is 1. The van der Waals surface area contributed by atoms with Gasteiger partial charge in [0, 0.05) is 20.3 Å². The molecule has 0 aliphatic carbocycles. The second-order valence-electron chi connectivity index (χ2n) is 4.10. The van der Waals surface area contributed by atoms with E-state index in [1.807, 2.05) is 13.8 Å². The molecular formula is C13H21NO4S. The molecule has 0 atom stereocenters. The van der Waals surface area contributed by atoms with Gasteiger partial charge in [0.05, 0.1) is 11.5 Å². The van der Waals surface area contributed by atoms with Gasteiger partial charge in [-0.1, -0.05) is 0 Å². The van der Waals surface area contributed by atoms with Crippen molar-refractivity contribution in [2.45, 2.75) is 25.2 Å². The van der Waals surface area contributed by atoms with Gasteiger partial charge in [-0.05, 0) is 44.0 Å². The lowest BCUT2D eigenvalue weighted by molar-refractivity contribution is 0.196. The topological polar surface area (TPSA) is 64.6 Å². The van der Waals surface area contributed by atoms with E-state index in [-0.39, 0.29) is 4.90 Å². The number of benzene rings is 1. The standard InChI is InChI=1S/C13H21NO4S/c1-4-18-13-7-6-12(10-11(13)2)19(15,16)14-8-5-9-17-3/h6-7,10,14H,4-5,8-9H2,1-3H3. The Hall–Kier alpha value is -1.11. The van der Waals surface area contributed by atoms with E-state index in [9.17, 15) is 8.42 Å². The van der Waals surface area contributed by atoms with E-state index < -0.39 is 10.0 Å². The number of sulfonamides is 1. The number of rotatable bonds is 8. The molecule has 5 nitrogen and oxygen atoms in total. The predicted molar refractivity (Wildman–Crippen MR) is 74.0 cm³/mol. The van der Waals surface area contributed by atoms with E-state index in [0.717, 1.165) is 5.56 Å². The Balaban J connectivity index is 2.75. The van der Waals surface area contributed by atoms with E-state index in [2.05, 4.69) is 4.72 Å². The van der Waals surface area contributed by atoms with Crippen molar-refractivity contribution in [3.8, 4) is 5.75 Å². The highest BCUT2D eigenvalue weighted by Gasteiger charge is 2.14. The second-order valence-corrected chi connectivity index (χ2v) is 5.87. The van der Waals surface area contributed by atoms with Crippen molar-refractivity contribution in [3.63, 3.8) is 0 Å². The summed E-state index contributed by atoms with van der Waals surface area (Å²) in [4.78, 5) is 0.255. The number of ether oxygens (including phenoxy) is 2. The van der Waals surface area contributed by atoms with Crippen molar-refractivity contribution >= 4 is 10.0 Å². The summed E-state index contributed by atoms with van der Waals surface area (Å²) in [6, 6.07) is 4.85. The van der Waals surface area contributed by atoms with Crippen molar-refractivity contribution < 1.29 is 17.9 Å². The first-order chi connectivity index (χ1) is 9.01. The summed E-state index contributed by atoms with van der Waals surface area (Å²) in [5.74, 6) is 0.709. The Morgan fingerprint density at radius 1 is 1.32 bits per heavy atom. The Bertz CT molecular complexity index is 499. The smallest absolute Gasteiger partial charge is 0.240 e. The summed E-state index contributed by atoms with van der Waals surface area (Å²) in [6.45, 7) is 5.17. The molecule has 1 aromatic rings. The number of hydrogen-bond donors (Lipinski definition) is 1. The first-order valence-electron chi connectivity index (χ1n) is 6.23. The van der Waals surface area contributed by atoms with Crippen LogP contribution in [0.5, 0.6) is 5.75 Å². The summed E-state index contributed by atoms with van der Waals surface area (Å²) in [6.07, 6.45) is 0.645. The van der Waals surface area contributed by atoms with Crippen LogP contribution in [0.15, 0.2) is 23.1 Å². The van der Waals surface area contributed by atoms with Crippen LogP contribution >= 0.6 is 0 Å². The summed E-state index contributed by atoms with van der Waals surface area (Å²) < 4.78 is 36.8. The van der Waals surface area contributed by atoms with Gasteiger partial charge in [0.25, 0.3) is 0 Å². The molecule has 1 aromatic carbocycles. The lowest BCUT2D eigenvalue weighted by Gasteiger charge is -2.10. The zero-order chi connectivity index (χ0) is 14.3. The van der Waals surface area contributed by atoms with Crippen molar-refractivity contribution in [3.05, 3.63) is 23.8 Å². The molecule has 0 unspecified atom stereocenters. The Kier molecular flexibility index (Phi) is 6.27. The Morgan fingerprint density at radius 2 is 2.05 bits per heavy atom. The zero-order valence-electron chi connectivity index (χ0n) is 11.6. The van der Waals surface area contributed by atoms with E-state index in [1.54, 1.807) is 25.3 Å².